The fourth-order valence-electron chi connectivity index (χ4n) is 2.42. The van der Waals surface area contributed by atoms with Crippen molar-refractivity contribution >= 4 is 28.0 Å². The molecule has 0 unspecified atom stereocenters. The lowest BCUT2D eigenvalue weighted by atomic mass is 9.87. The number of esters is 1. The van der Waals surface area contributed by atoms with E-state index in [4.69, 9.17) is 14.2 Å². The maximum absolute atomic E-state index is 12.2. The molecule has 0 amide bonds. The molecule has 0 N–H and O–H groups in total. The Kier molecular flexibility index (Phi) is 7.39. The van der Waals surface area contributed by atoms with Gasteiger partial charge in [-0.1, -0.05) is 32.9 Å². The molecule has 0 aliphatic heterocycles. The van der Waals surface area contributed by atoms with Crippen molar-refractivity contribution < 1.29 is 23.9 Å². The van der Waals surface area contributed by atoms with Crippen LogP contribution in [0.3, 0.4) is 0 Å². The molecule has 0 aromatic heterocycles. The molecule has 0 aliphatic carbocycles. The molecule has 2 rings (SSSR count). The molecule has 0 fully saturated rings. The smallest absolute Gasteiger partial charge is 0.349 e. The molecule has 0 saturated heterocycles. The lowest BCUT2D eigenvalue weighted by Gasteiger charge is -2.19. The van der Waals surface area contributed by atoms with Crippen LogP contribution in [0, 0.1) is 10.1 Å². The number of nitro groups is 1. The van der Waals surface area contributed by atoms with Crippen LogP contribution in [0.4, 0.5) is 0 Å². The van der Waals surface area contributed by atoms with E-state index >= 15 is 0 Å². The number of hydrogen-bond donors (Lipinski definition) is 0. The predicted octanol–water partition coefficient (Wildman–Crippen LogP) is 4.99. The van der Waals surface area contributed by atoms with Crippen molar-refractivity contribution in [3.63, 3.8) is 0 Å². The standard InChI is InChI=1S/C21H22BrNO6/c1-21(2,3)15-5-7-16(8-6-15)28-13-19(24)29-20-17(22)11-14(9-10-23(25)26)12-18(20)27-4/h5-12H,13H2,1-4H3/b10-9+. The molecular weight excluding hydrogens is 442 g/mol. The Hall–Kier alpha value is -2.87. The zero-order valence-corrected chi connectivity index (χ0v) is 18.2. The summed E-state index contributed by atoms with van der Waals surface area (Å²) in [6, 6.07) is 10.6. The van der Waals surface area contributed by atoms with E-state index in [1.807, 2.05) is 12.1 Å². The summed E-state index contributed by atoms with van der Waals surface area (Å²) in [5.41, 5.74) is 1.70. The van der Waals surface area contributed by atoms with Gasteiger partial charge in [0.1, 0.15) is 5.75 Å². The van der Waals surface area contributed by atoms with Gasteiger partial charge in [-0.05, 0) is 56.7 Å². The summed E-state index contributed by atoms with van der Waals surface area (Å²) >= 11 is 3.30. The van der Waals surface area contributed by atoms with E-state index in [0.29, 0.717) is 15.8 Å². The second kappa shape index (κ2) is 9.56. The first-order valence-electron chi connectivity index (χ1n) is 8.73. The van der Waals surface area contributed by atoms with E-state index in [2.05, 4.69) is 36.7 Å². The molecule has 154 valence electrons. The normalized spacial score (nSPS) is 11.3. The van der Waals surface area contributed by atoms with Crippen molar-refractivity contribution in [2.45, 2.75) is 26.2 Å². The Morgan fingerprint density at radius 3 is 2.41 bits per heavy atom. The number of nitrogens with zero attached hydrogens (tertiary/aromatic N) is 1. The molecule has 2 aromatic carbocycles. The van der Waals surface area contributed by atoms with Crippen molar-refractivity contribution in [1.82, 2.24) is 0 Å². The van der Waals surface area contributed by atoms with Crippen LogP contribution in [0.25, 0.3) is 6.08 Å². The molecule has 0 radical (unpaired) electrons. The largest absolute Gasteiger partial charge is 0.493 e. The van der Waals surface area contributed by atoms with E-state index in [-0.39, 0.29) is 23.5 Å². The Morgan fingerprint density at radius 1 is 1.21 bits per heavy atom. The SMILES string of the molecule is COc1cc(/C=C/[N+](=O)[O-])cc(Br)c1OC(=O)COc1ccc(C(C)(C)C)cc1. The predicted molar refractivity (Wildman–Crippen MR) is 113 cm³/mol. The highest BCUT2D eigenvalue weighted by atomic mass is 79.9. The monoisotopic (exact) mass is 463 g/mol. The molecule has 0 saturated carbocycles. The molecule has 0 bridgehead atoms. The fourth-order valence-corrected chi connectivity index (χ4v) is 2.96. The first-order chi connectivity index (χ1) is 13.6. The number of rotatable bonds is 7. The molecule has 0 aliphatic rings. The average molecular weight is 464 g/mol. The van der Waals surface area contributed by atoms with E-state index in [9.17, 15) is 14.9 Å². The van der Waals surface area contributed by atoms with Crippen LogP contribution in [0.15, 0.2) is 47.1 Å². The number of methoxy groups -OCH3 is 1. The summed E-state index contributed by atoms with van der Waals surface area (Å²) in [6.45, 7) is 6.06. The van der Waals surface area contributed by atoms with E-state index in [0.717, 1.165) is 11.8 Å². The van der Waals surface area contributed by atoms with Gasteiger partial charge in [0.2, 0.25) is 6.20 Å². The number of carbonyl (C=O) groups excluding carboxylic acids is 1. The van der Waals surface area contributed by atoms with Crippen molar-refractivity contribution in [1.29, 1.82) is 0 Å². The summed E-state index contributed by atoms with van der Waals surface area (Å²) in [6.07, 6.45) is 2.12. The number of benzene rings is 2. The summed E-state index contributed by atoms with van der Waals surface area (Å²) in [7, 11) is 1.41. The Morgan fingerprint density at radius 2 is 1.86 bits per heavy atom. The Bertz CT molecular complexity index is 916. The zero-order valence-electron chi connectivity index (χ0n) is 16.6. The maximum atomic E-state index is 12.2. The number of hydrogen-bond acceptors (Lipinski definition) is 6. The molecular formula is C21H22BrNO6. The Labute approximate surface area is 177 Å². The lowest BCUT2D eigenvalue weighted by Crippen LogP contribution is -2.18. The van der Waals surface area contributed by atoms with Gasteiger partial charge >= 0.3 is 5.97 Å². The highest BCUT2D eigenvalue weighted by Gasteiger charge is 2.17. The Balaban J connectivity index is 2.05. The third kappa shape index (κ3) is 6.60. The van der Waals surface area contributed by atoms with Crippen LogP contribution in [-0.2, 0) is 10.2 Å². The van der Waals surface area contributed by atoms with Crippen LogP contribution in [0.2, 0.25) is 0 Å². The molecule has 2 aromatic rings. The molecule has 0 spiro atoms. The van der Waals surface area contributed by atoms with Crippen LogP contribution in [-0.4, -0.2) is 24.6 Å². The van der Waals surface area contributed by atoms with Crippen LogP contribution < -0.4 is 14.2 Å². The van der Waals surface area contributed by atoms with Crippen molar-refractivity contribution in [3.05, 3.63) is 68.3 Å². The topological polar surface area (TPSA) is 87.9 Å². The quantitative estimate of drug-likeness (QED) is 0.248. The first-order valence-corrected chi connectivity index (χ1v) is 9.52. The van der Waals surface area contributed by atoms with Gasteiger partial charge in [-0.25, -0.2) is 4.79 Å². The molecule has 8 heteroatoms. The third-order valence-corrected chi connectivity index (χ3v) is 4.52. The fraction of sp³-hybridized carbons (Fsp3) is 0.286. The van der Waals surface area contributed by atoms with Crippen molar-refractivity contribution in [2.24, 2.45) is 0 Å². The van der Waals surface area contributed by atoms with Gasteiger partial charge in [-0.15, -0.1) is 0 Å². The second-order valence-electron chi connectivity index (χ2n) is 7.17. The van der Waals surface area contributed by atoms with Gasteiger partial charge < -0.3 is 14.2 Å². The maximum Gasteiger partial charge on any atom is 0.349 e. The average Bonchev–Trinajstić information content (AvgIpc) is 2.66. The highest BCUT2D eigenvalue weighted by molar-refractivity contribution is 9.10. The number of halogens is 1. The van der Waals surface area contributed by atoms with Gasteiger partial charge in [-0.2, -0.15) is 0 Å². The van der Waals surface area contributed by atoms with Gasteiger partial charge in [0.15, 0.2) is 18.1 Å². The van der Waals surface area contributed by atoms with Crippen LogP contribution in [0.1, 0.15) is 31.9 Å². The van der Waals surface area contributed by atoms with Gasteiger partial charge in [0.25, 0.3) is 0 Å². The minimum atomic E-state index is -0.613. The second-order valence-corrected chi connectivity index (χ2v) is 8.03. The summed E-state index contributed by atoms with van der Waals surface area (Å²) in [4.78, 5) is 22.1. The molecule has 0 heterocycles. The number of ether oxygens (including phenoxy) is 3. The van der Waals surface area contributed by atoms with Gasteiger partial charge in [0, 0.05) is 6.08 Å². The van der Waals surface area contributed by atoms with E-state index in [1.165, 1.54) is 19.3 Å². The van der Waals surface area contributed by atoms with Crippen LogP contribution >= 0.6 is 15.9 Å². The van der Waals surface area contributed by atoms with E-state index < -0.39 is 10.9 Å². The van der Waals surface area contributed by atoms with Gasteiger partial charge in [0.05, 0.1) is 16.5 Å². The van der Waals surface area contributed by atoms with Crippen molar-refractivity contribution in [2.75, 3.05) is 13.7 Å². The summed E-state index contributed by atoms with van der Waals surface area (Å²) < 4.78 is 16.5. The van der Waals surface area contributed by atoms with Crippen LogP contribution in [0.5, 0.6) is 17.2 Å². The minimum Gasteiger partial charge on any atom is -0.493 e. The minimum absolute atomic E-state index is 0.0291. The summed E-state index contributed by atoms with van der Waals surface area (Å²) in [5, 5.41) is 10.5. The molecule has 29 heavy (non-hydrogen) atoms. The lowest BCUT2D eigenvalue weighted by molar-refractivity contribution is -0.400. The molecule has 7 nitrogen and oxygen atoms in total. The van der Waals surface area contributed by atoms with E-state index in [1.54, 1.807) is 18.2 Å². The molecule has 0 atom stereocenters. The van der Waals surface area contributed by atoms with Crippen molar-refractivity contribution in [3.8, 4) is 17.2 Å². The number of carbonyl (C=O) groups is 1. The zero-order chi connectivity index (χ0) is 21.6. The van der Waals surface area contributed by atoms with Gasteiger partial charge in [-0.3, -0.25) is 10.1 Å². The third-order valence-electron chi connectivity index (χ3n) is 3.93. The summed E-state index contributed by atoms with van der Waals surface area (Å²) in [5.74, 6) is 0.367. The highest BCUT2D eigenvalue weighted by Crippen LogP contribution is 2.37. The first kappa shape index (κ1) is 22.4.